The molecule has 2 aliphatic rings. The number of carbonyl (C=O) groups excluding carboxylic acids is 1. The van der Waals surface area contributed by atoms with E-state index in [1.54, 1.807) is 18.3 Å². The number of ether oxygens (including phenoxy) is 3. The maximum atomic E-state index is 13.4. The first-order valence-corrected chi connectivity index (χ1v) is 13.0. The highest BCUT2D eigenvalue weighted by molar-refractivity contribution is 5.95. The molecule has 1 aliphatic heterocycles. The average molecular weight is 508 g/mol. The topological polar surface area (TPSA) is 103 Å². The molecule has 1 saturated carbocycles. The Morgan fingerprint density at radius 2 is 1.65 bits per heavy atom. The van der Waals surface area contributed by atoms with Gasteiger partial charge >= 0.3 is 0 Å². The highest BCUT2D eigenvalue weighted by Gasteiger charge is 2.30. The molecule has 1 amide bonds. The number of nitrogens with zero attached hydrogens (tertiary/aromatic N) is 5. The van der Waals surface area contributed by atoms with Gasteiger partial charge in [-0.3, -0.25) is 4.79 Å². The van der Waals surface area contributed by atoms with E-state index in [1.807, 2.05) is 37.8 Å². The minimum atomic E-state index is -0.0588. The number of aromatic nitrogens is 3. The van der Waals surface area contributed by atoms with E-state index in [9.17, 15) is 4.79 Å². The third-order valence-electron chi connectivity index (χ3n) is 6.42. The van der Waals surface area contributed by atoms with E-state index in [0.717, 1.165) is 24.2 Å². The van der Waals surface area contributed by atoms with Gasteiger partial charge in [0.15, 0.2) is 11.5 Å². The summed E-state index contributed by atoms with van der Waals surface area (Å²) < 4.78 is 22.7. The molecule has 10 heteroatoms. The quantitative estimate of drug-likeness (QED) is 0.400. The summed E-state index contributed by atoms with van der Waals surface area (Å²) in [7, 11) is 0. The Hall–Kier alpha value is -3.82. The van der Waals surface area contributed by atoms with Crippen molar-refractivity contribution in [3.63, 3.8) is 0 Å². The molecule has 0 unspecified atom stereocenters. The van der Waals surface area contributed by atoms with E-state index in [-0.39, 0.29) is 5.91 Å². The molecule has 1 saturated heterocycles. The van der Waals surface area contributed by atoms with Gasteiger partial charge in [0, 0.05) is 49.4 Å². The molecule has 0 radical (unpaired) electrons. The summed E-state index contributed by atoms with van der Waals surface area (Å²) >= 11 is 0. The maximum Gasteiger partial charge on any atom is 0.254 e. The van der Waals surface area contributed by atoms with Crippen LogP contribution < -0.4 is 19.1 Å². The van der Waals surface area contributed by atoms with E-state index in [4.69, 9.17) is 18.7 Å². The van der Waals surface area contributed by atoms with Crippen LogP contribution in [0.15, 0.2) is 35.0 Å². The molecule has 0 atom stereocenters. The SMILES string of the molecule is CCOc1cc(C(=O)N2CCN(c3ccc(-c4noc(C5CC5)n4)cn3)CC2)cc(OCC)c1OCC. The van der Waals surface area contributed by atoms with E-state index in [2.05, 4.69) is 20.0 Å². The zero-order chi connectivity index (χ0) is 25.8. The van der Waals surface area contributed by atoms with Gasteiger partial charge in [-0.25, -0.2) is 4.98 Å². The lowest BCUT2D eigenvalue weighted by Crippen LogP contribution is -2.49. The van der Waals surface area contributed by atoms with Gasteiger partial charge in [0.2, 0.25) is 17.5 Å². The summed E-state index contributed by atoms with van der Waals surface area (Å²) in [4.78, 5) is 26.5. The molecule has 37 heavy (non-hydrogen) atoms. The van der Waals surface area contributed by atoms with Gasteiger partial charge in [-0.05, 0) is 57.9 Å². The van der Waals surface area contributed by atoms with Crippen molar-refractivity contribution in [1.29, 1.82) is 0 Å². The van der Waals surface area contributed by atoms with Gasteiger partial charge in [-0.1, -0.05) is 5.16 Å². The van der Waals surface area contributed by atoms with E-state index in [0.29, 0.717) is 86.4 Å². The number of rotatable bonds is 10. The molecule has 2 aromatic heterocycles. The molecule has 10 nitrogen and oxygen atoms in total. The van der Waals surface area contributed by atoms with Gasteiger partial charge in [-0.2, -0.15) is 4.98 Å². The van der Waals surface area contributed by atoms with Crippen molar-refractivity contribution in [3.05, 3.63) is 41.9 Å². The van der Waals surface area contributed by atoms with Crippen LogP contribution in [0.4, 0.5) is 5.82 Å². The Bertz CT molecular complexity index is 1190. The molecule has 0 spiro atoms. The largest absolute Gasteiger partial charge is 0.490 e. The molecule has 0 N–H and O–H groups in total. The van der Waals surface area contributed by atoms with Crippen molar-refractivity contribution in [3.8, 4) is 28.6 Å². The van der Waals surface area contributed by atoms with Crippen LogP contribution in [0.2, 0.25) is 0 Å². The first-order valence-electron chi connectivity index (χ1n) is 13.0. The van der Waals surface area contributed by atoms with Gasteiger partial charge < -0.3 is 28.5 Å². The van der Waals surface area contributed by atoms with Gasteiger partial charge in [0.25, 0.3) is 5.91 Å². The third kappa shape index (κ3) is 5.47. The van der Waals surface area contributed by atoms with Crippen LogP contribution in [-0.2, 0) is 0 Å². The molecule has 0 bridgehead atoms. The number of amides is 1. The summed E-state index contributed by atoms with van der Waals surface area (Å²) in [5.74, 6) is 4.09. The van der Waals surface area contributed by atoms with Crippen LogP contribution in [0, 0.1) is 0 Å². The van der Waals surface area contributed by atoms with Crippen LogP contribution in [-0.4, -0.2) is 71.9 Å². The molecule has 1 aromatic carbocycles. The molecule has 2 fully saturated rings. The number of hydrogen-bond acceptors (Lipinski definition) is 9. The Morgan fingerprint density at radius 1 is 0.973 bits per heavy atom. The molecule has 5 rings (SSSR count). The van der Waals surface area contributed by atoms with Crippen LogP contribution in [0.1, 0.15) is 55.8 Å². The van der Waals surface area contributed by atoms with E-state index in [1.165, 1.54) is 0 Å². The summed E-state index contributed by atoms with van der Waals surface area (Å²) in [5, 5.41) is 4.09. The number of pyridine rings is 1. The maximum absolute atomic E-state index is 13.4. The van der Waals surface area contributed by atoms with Crippen molar-refractivity contribution >= 4 is 11.7 Å². The first-order chi connectivity index (χ1) is 18.1. The van der Waals surface area contributed by atoms with E-state index >= 15 is 0 Å². The lowest BCUT2D eigenvalue weighted by Gasteiger charge is -2.35. The minimum absolute atomic E-state index is 0.0588. The highest BCUT2D eigenvalue weighted by Crippen LogP contribution is 2.40. The number of benzene rings is 1. The Labute approximate surface area is 216 Å². The van der Waals surface area contributed by atoms with Gasteiger partial charge in [0.1, 0.15) is 5.82 Å². The lowest BCUT2D eigenvalue weighted by molar-refractivity contribution is 0.0745. The zero-order valence-electron chi connectivity index (χ0n) is 21.6. The summed E-state index contributed by atoms with van der Waals surface area (Å²) in [6.07, 6.45) is 4.01. The molecule has 3 aromatic rings. The van der Waals surface area contributed by atoms with Crippen LogP contribution >= 0.6 is 0 Å². The second-order valence-corrected chi connectivity index (χ2v) is 9.02. The number of piperazine rings is 1. The first kappa shape index (κ1) is 24.9. The zero-order valence-corrected chi connectivity index (χ0v) is 21.6. The standard InChI is InChI=1S/C27H33N5O5/c1-4-34-21-15-20(16-22(35-5-2)24(21)36-6-3)27(33)32-13-11-31(12-14-32)23-10-9-19(17-28-23)25-29-26(37-30-25)18-7-8-18/h9-10,15-18H,4-8,11-14H2,1-3H3. The molecule has 196 valence electrons. The Kier molecular flexibility index (Phi) is 7.43. The molecular formula is C27H33N5O5. The minimum Gasteiger partial charge on any atom is -0.490 e. The van der Waals surface area contributed by atoms with Crippen molar-refractivity contribution in [1.82, 2.24) is 20.0 Å². The average Bonchev–Trinajstić information content (AvgIpc) is 3.66. The van der Waals surface area contributed by atoms with Crippen molar-refractivity contribution in [2.75, 3.05) is 50.9 Å². The predicted molar refractivity (Wildman–Crippen MR) is 138 cm³/mol. The Balaban J connectivity index is 1.24. The third-order valence-corrected chi connectivity index (χ3v) is 6.42. The summed E-state index contributed by atoms with van der Waals surface area (Å²) in [5.41, 5.74) is 1.36. The number of hydrogen-bond donors (Lipinski definition) is 0. The predicted octanol–water partition coefficient (Wildman–Crippen LogP) is 4.17. The fourth-order valence-electron chi connectivity index (χ4n) is 4.39. The monoisotopic (exact) mass is 507 g/mol. The highest BCUT2D eigenvalue weighted by atomic mass is 16.5. The van der Waals surface area contributed by atoms with E-state index < -0.39 is 0 Å². The number of carbonyl (C=O) groups is 1. The summed E-state index contributed by atoms with van der Waals surface area (Å²) in [6, 6.07) is 7.43. The van der Waals surface area contributed by atoms with Gasteiger partial charge in [-0.15, -0.1) is 0 Å². The van der Waals surface area contributed by atoms with Gasteiger partial charge in [0.05, 0.1) is 19.8 Å². The fraction of sp³-hybridized carbons (Fsp3) is 0.481. The van der Waals surface area contributed by atoms with Crippen molar-refractivity contribution in [2.45, 2.75) is 39.5 Å². The van der Waals surface area contributed by atoms with Crippen molar-refractivity contribution < 1.29 is 23.5 Å². The van der Waals surface area contributed by atoms with Crippen molar-refractivity contribution in [2.24, 2.45) is 0 Å². The van der Waals surface area contributed by atoms with Crippen LogP contribution in [0.25, 0.3) is 11.4 Å². The molecule has 3 heterocycles. The lowest BCUT2D eigenvalue weighted by atomic mass is 10.1. The molecular weight excluding hydrogens is 474 g/mol. The number of anilines is 1. The fourth-order valence-corrected chi connectivity index (χ4v) is 4.39. The second-order valence-electron chi connectivity index (χ2n) is 9.02. The summed E-state index contributed by atoms with van der Waals surface area (Å²) in [6.45, 7) is 9.63. The second kappa shape index (κ2) is 11.1. The smallest absolute Gasteiger partial charge is 0.254 e. The Morgan fingerprint density at radius 3 is 2.22 bits per heavy atom. The van der Waals surface area contributed by atoms with Crippen LogP contribution in [0.3, 0.4) is 0 Å². The van der Waals surface area contributed by atoms with Crippen LogP contribution in [0.5, 0.6) is 17.2 Å². The molecule has 1 aliphatic carbocycles. The normalized spacial score (nSPS) is 15.5.